The smallest absolute Gasteiger partial charge is 0.335 e. The summed E-state index contributed by atoms with van der Waals surface area (Å²) in [4.78, 5) is 46.1. The number of anilines is 1. The van der Waals surface area contributed by atoms with Crippen LogP contribution in [-0.4, -0.2) is 85.2 Å². The van der Waals surface area contributed by atoms with Crippen LogP contribution in [-0.2, 0) is 19.8 Å². The summed E-state index contributed by atoms with van der Waals surface area (Å²) in [6, 6.07) is 4.37. The Morgan fingerprint density at radius 3 is 2.49 bits per heavy atom. The number of imidazole rings is 1. The molecule has 0 spiro atoms. The van der Waals surface area contributed by atoms with Gasteiger partial charge >= 0.3 is 12.2 Å². The van der Waals surface area contributed by atoms with E-state index in [2.05, 4.69) is 26.6 Å². The summed E-state index contributed by atoms with van der Waals surface area (Å²) < 4.78 is 43.1. The molecule has 2 aliphatic rings. The Kier molecular flexibility index (Phi) is 9.08. The maximum Gasteiger partial charge on any atom is 0.435 e. The Labute approximate surface area is 261 Å². The van der Waals surface area contributed by atoms with Crippen molar-refractivity contribution in [1.82, 2.24) is 34.4 Å². The van der Waals surface area contributed by atoms with Gasteiger partial charge < -0.3 is 30.7 Å². The second kappa shape index (κ2) is 12.8. The minimum atomic E-state index is -4.76. The summed E-state index contributed by atoms with van der Waals surface area (Å²) in [6.07, 6.45) is 5.24. The second-order valence-electron chi connectivity index (χ2n) is 11.0. The SMILES string of the molecule is C#CCn1cc(-c2cnc(C(=O)Nc3ccc(C(=O)N4CCN(C(=O)N[C@H]5CC[C@H](N)C5)CC4)c(Cl)c3)n2C)c(C(F)(F)F)n1. The maximum absolute atomic E-state index is 13.6. The van der Waals surface area contributed by atoms with Crippen molar-refractivity contribution in [3.05, 3.63) is 52.7 Å². The number of aromatic nitrogens is 4. The summed E-state index contributed by atoms with van der Waals surface area (Å²) in [7, 11) is 1.40. The molecule has 45 heavy (non-hydrogen) atoms. The average molecular weight is 646 g/mol. The normalized spacial score (nSPS) is 18.5. The van der Waals surface area contributed by atoms with E-state index < -0.39 is 17.8 Å². The van der Waals surface area contributed by atoms with Crippen LogP contribution in [0.5, 0.6) is 0 Å². The van der Waals surface area contributed by atoms with Gasteiger partial charge in [0.05, 0.1) is 28.0 Å². The summed E-state index contributed by atoms with van der Waals surface area (Å²) in [5, 5.41) is 9.26. The predicted octanol–water partition coefficient (Wildman–Crippen LogP) is 3.19. The molecule has 2 atom stereocenters. The number of halogens is 4. The molecule has 5 rings (SSSR count). The number of carbonyl (C=O) groups excluding carboxylic acids is 3. The van der Waals surface area contributed by atoms with Crippen molar-refractivity contribution in [1.29, 1.82) is 0 Å². The first kappa shape index (κ1) is 31.9. The van der Waals surface area contributed by atoms with E-state index in [0.717, 1.165) is 36.3 Å². The van der Waals surface area contributed by atoms with Gasteiger partial charge in [0.15, 0.2) is 11.5 Å². The highest BCUT2D eigenvalue weighted by Gasteiger charge is 2.38. The van der Waals surface area contributed by atoms with Gasteiger partial charge in [-0.05, 0) is 37.5 Å². The number of nitrogens with two attached hydrogens (primary N) is 1. The average Bonchev–Trinajstić information content (AvgIpc) is 3.71. The quantitative estimate of drug-likeness (QED) is 0.352. The number of rotatable bonds is 6. The molecule has 0 unspecified atom stereocenters. The number of nitrogens with one attached hydrogen (secondary N) is 2. The number of benzene rings is 1. The molecule has 3 aromatic rings. The third kappa shape index (κ3) is 6.91. The van der Waals surface area contributed by atoms with Gasteiger partial charge in [0.25, 0.3) is 11.8 Å². The van der Waals surface area contributed by atoms with E-state index in [1.54, 1.807) is 9.80 Å². The van der Waals surface area contributed by atoms with E-state index in [4.69, 9.17) is 23.8 Å². The van der Waals surface area contributed by atoms with Crippen LogP contribution in [0.25, 0.3) is 11.3 Å². The summed E-state index contributed by atoms with van der Waals surface area (Å²) in [5.41, 5.74) is 4.97. The highest BCUT2D eigenvalue weighted by Crippen LogP contribution is 2.36. The van der Waals surface area contributed by atoms with Crippen LogP contribution in [0, 0.1) is 12.3 Å². The lowest BCUT2D eigenvalue weighted by Crippen LogP contribution is -2.54. The van der Waals surface area contributed by atoms with Crippen molar-refractivity contribution in [2.24, 2.45) is 12.8 Å². The number of piperazine rings is 1. The van der Waals surface area contributed by atoms with Crippen LogP contribution in [0.1, 0.15) is 45.9 Å². The Balaban J connectivity index is 1.22. The number of alkyl halides is 3. The fourth-order valence-electron chi connectivity index (χ4n) is 5.51. The van der Waals surface area contributed by atoms with Crippen molar-refractivity contribution in [2.45, 2.75) is 44.1 Å². The highest BCUT2D eigenvalue weighted by atomic mass is 35.5. The molecule has 2 fully saturated rings. The molecule has 0 radical (unpaired) electrons. The summed E-state index contributed by atoms with van der Waals surface area (Å²) in [6.45, 7) is 1.21. The Morgan fingerprint density at radius 2 is 1.87 bits per heavy atom. The first-order valence-corrected chi connectivity index (χ1v) is 14.5. The fourth-order valence-corrected chi connectivity index (χ4v) is 5.77. The van der Waals surface area contributed by atoms with Crippen molar-refractivity contribution >= 4 is 35.1 Å². The van der Waals surface area contributed by atoms with Crippen molar-refractivity contribution < 1.29 is 27.6 Å². The second-order valence-corrected chi connectivity index (χ2v) is 11.4. The molecule has 1 aliphatic carbocycles. The number of urea groups is 1. The Hall–Kier alpha value is -4.55. The van der Waals surface area contributed by atoms with Gasteiger partial charge in [-0.1, -0.05) is 17.5 Å². The van der Waals surface area contributed by atoms with Gasteiger partial charge in [0.2, 0.25) is 0 Å². The molecule has 238 valence electrons. The molecule has 4 amide bonds. The predicted molar refractivity (Wildman–Crippen MR) is 159 cm³/mol. The lowest BCUT2D eigenvalue weighted by molar-refractivity contribution is -0.141. The molecule has 1 saturated carbocycles. The molecule has 1 saturated heterocycles. The van der Waals surface area contributed by atoms with Gasteiger partial charge in [-0.15, -0.1) is 6.42 Å². The molecular formula is C29H31ClF3N9O3. The first-order valence-electron chi connectivity index (χ1n) is 14.2. The molecule has 2 aromatic heterocycles. The molecule has 3 heterocycles. The van der Waals surface area contributed by atoms with E-state index in [9.17, 15) is 27.6 Å². The van der Waals surface area contributed by atoms with E-state index >= 15 is 0 Å². The Morgan fingerprint density at radius 1 is 1.16 bits per heavy atom. The van der Waals surface area contributed by atoms with Gasteiger partial charge in [-0.2, -0.15) is 18.3 Å². The van der Waals surface area contributed by atoms with Crippen LogP contribution in [0.15, 0.2) is 30.6 Å². The zero-order chi connectivity index (χ0) is 32.5. The van der Waals surface area contributed by atoms with Crippen LogP contribution in [0.2, 0.25) is 5.02 Å². The molecule has 0 bridgehead atoms. The molecule has 1 aromatic carbocycles. The van der Waals surface area contributed by atoms with Gasteiger partial charge in [0.1, 0.15) is 6.54 Å². The van der Waals surface area contributed by atoms with Crippen molar-refractivity contribution in [3.8, 4) is 23.6 Å². The number of terminal acetylenes is 1. The third-order valence-corrected chi connectivity index (χ3v) is 8.18. The topological polar surface area (TPSA) is 143 Å². The van der Waals surface area contributed by atoms with Crippen LogP contribution < -0.4 is 16.4 Å². The van der Waals surface area contributed by atoms with Crippen LogP contribution >= 0.6 is 11.6 Å². The molecule has 16 heteroatoms. The van der Waals surface area contributed by atoms with E-state index in [1.165, 1.54) is 29.8 Å². The minimum absolute atomic E-state index is 0.00929. The fraction of sp³-hybridized carbons (Fsp3) is 0.414. The van der Waals surface area contributed by atoms with E-state index in [-0.39, 0.29) is 63.9 Å². The van der Waals surface area contributed by atoms with Crippen molar-refractivity contribution in [3.63, 3.8) is 0 Å². The summed E-state index contributed by atoms with van der Waals surface area (Å²) in [5.74, 6) is 1.04. The molecule has 12 nitrogen and oxygen atoms in total. The maximum atomic E-state index is 13.6. The van der Waals surface area contributed by atoms with Crippen LogP contribution in [0.4, 0.5) is 23.7 Å². The zero-order valence-corrected chi connectivity index (χ0v) is 25.0. The van der Waals surface area contributed by atoms with E-state index in [1.807, 2.05) is 0 Å². The van der Waals surface area contributed by atoms with Gasteiger partial charge in [-0.25, -0.2) is 9.78 Å². The number of hydrogen-bond acceptors (Lipinski definition) is 6. The number of carbonyl (C=O) groups is 3. The Bertz CT molecular complexity index is 1650. The number of amides is 4. The standard InChI is InChI=1S/C29H31ClF3N9O3/c1-3-8-42-16-21(24(38-42)29(31,32)33)23-15-35-25(39(23)2)26(43)36-19-6-7-20(22(30)14-19)27(44)40-9-11-41(12-10-40)28(45)37-18-5-4-17(34)13-18/h1,6-7,14-18H,4-5,8-13,34H2,2H3,(H,36,43)(H,37,45)/t17-,18-/m0/s1. The largest absolute Gasteiger partial charge is 0.435 e. The summed E-state index contributed by atoms with van der Waals surface area (Å²) >= 11 is 6.43. The number of hydrogen-bond donors (Lipinski definition) is 3. The third-order valence-electron chi connectivity index (χ3n) is 7.86. The molecule has 1 aliphatic heterocycles. The molecule has 4 N–H and O–H groups in total. The highest BCUT2D eigenvalue weighted by molar-refractivity contribution is 6.34. The van der Waals surface area contributed by atoms with Gasteiger partial charge in [-0.3, -0.25) is 14.3 Å². The first-order chi connectivity index (χ1) is 21.3. The van der Waals surface area contributed by atoms with E-state index in [0.29, 0.717) is 26.2 Å². The van der Waals surface area contributed by atoms with Crippen LogP contribution in [0.3, 0.4) is 0 Å². The minimum Gasteiger partial charge on any atom is -0.335 e. The zero-order valence-electron chi connectivity index (χ0n) is 24.3. The van der Waals surface area contributed by atoms with Crippen molar-refractivity contribution in [2.75, 3.05) is 31.5 Å². The lowest BCUT2D eigenvalue weighted by atomic mass is 10.1. The number of nitrogens with zero attached hydrogens (tertiary/aromatic N) is 6. The van der Waals surface area contributed by atoms with Gasteiger partial charge in [0, 0.05) is 57.2 Å². The monoisotopic (exact) mass is 645 g/mol. The molecular weight excluding hydrogens is 615 g/mol. The lowest BCUT2D eigenvalue weighted by Gasteiger charge is -2.35.